The summed E-state index contributed by atoms with van der Waals surface area (Å²) in [7, 11) is 5.22. The number of esters is 2. The molecule has 2 rings (SSSR count). The molecule has 0 heterocycles. The number of rotatable bonds is 6. The first kappa shape index (κ1) is 17.5. The van der Waals surface area contributed by atoms with Gasteiger partial charge >= 0.3 is 11.9 Å². The summed E-state index contributed by atoms with van der Waals surface area (Å²) in [6.45, 7) is 0.195. The number of anilines is 1. The van der Waals surface area contributed by atoms with Gasteiger partial charge in [0.2, 0.25) is 0 Å². The van der Waals surface area contributed by atoms with Crippen LogP contribution in [0.3, 0.4) is 0 Å². The van der Waals surface area contributed by atoms with Gasteiger partial charge in [0, 0.05) is 19.8 Å². The minimum atomic E-state index is -0.461. The molecule has 126 valence electrons. The van der Waals surface area contributed by atoms with E-state index in [9.17, 15) is 9.59 Å². The molecule has 0 fully saturated rings. The summed E-state index contributed by atoms with van der Waals surface area (Å²) in [6.07, 6.45) is 0.0264. The van der Waals surface area contributed by atoms with Crippen molar-refractivity contribution in [3.05, 3.63) is 65.2 Å². The van der Waals surface area contributed by atoms with Gasteiger partial charge in [-0.3, -0.25) is 4.79 Å². The Morgan fingerprint density at radius 3 is 2.50 bits per heavy atom. The van der Waals surface area contributed by atoms with Gasteiger partial charge in [-0.2, -0.15) is 0 Å². The Labute approximate surface area is 141 Å². The van der Waals surface area contributed by atoms with Gasteiger partial charge < -0.3 is 14.4 Å². The van der Waals surface area contributed by atoms with Crippen molar-refractivity contribution in [2.75, 3.05) is 26.1 Å². The van der Waals surface area contributed by atoms with Crippen molar-refractivity contribution in [2.45, 2.75) is 13.0 Å². The molecule has 0 N–H and O–H groups in total. The lowest BCUT2D eigenvalue weighted by Crippen LogP contribution is -2.13. The molecule has 0 bridgehead atoms. The minimum absolute atomic E-state index is 0.0264. The Hall–Kier alpha value is -2.82. The minimum Gasteiger partial charge on any atom is -0.465 e. The third-order valence-electron chi connectivity index (χ3n) is 3.58. The van der Waals surface area contributed by atoms with E-state index in [1.54, 1.807) is 24.3 Å². The van der Waals surface area contributed by atoms with Crippen LogP contribution >= 0.6 is 0 Å². The zero-order valence-corrected chi connectivity index (χ0v) is 14.1. The number of nitrogens with zero attached hydrogens (tertiary/aromatic N) is 1. The number of hydrogen-bond acceptors (Lipinski definition) is 5. The standard InChI is InChI=1S/C19H21NO4/c1-20(2)16-9-6-7-14(11-16)13-24-18(21)12-15-8-4-5-10-17(15)19(22)23-3/h4-11H,12-13H2,1-3H3. The van der Waals surface area contributed by atoms with Gasteiger partial charge in [-0.05, 0) is 29.3 Å². The zero-order chi connectivity index (χ0) is 17.5. The van der Waals surface area contributed by atoms with Crippen LogP contribution in [0.25, 0.3) is 0 Å². The van der Waals surface area contributed by atoms with Crippen molar-refractivity contribution < 1.29 is 19.1 Å². The molecular formula is C19H21NO4. The average Bonchev–Trinajstić information content (AvgIpc) is 2.60. The number of ether oxygens (including phenoxy) is 2. The zero-order valence-electron chi connectivity index (χ0n) is 14.1. The number of carbonyl (C=O) groups is 2. The van der Waals surface area contributed by atoms with E-state index in [1.807, 2.05) is 43.3 Å². The SMILES string of the molecule is COC(=O)c1ccccc1CC(=O)OCc1cccc(N(C)C)c1. The first-order valence-electron chi connectivity index (χ1n) is 7.59. The maximum absolute atomic E-state index is 12.1. The predicted octanol–water partition coefficient (Wildman–Crippen LogP) is 2.83. The van der Waals surface area contributed by atoms with Crippen LogP contribution in [0.15, 0.2) is 48.5 Å². The lowest BCUT2D eigenvalue weighted by Gasteiger charge is -2.13. The average molecular weight is 327 g/mol. The molecule has 0 aliphatic carbocycles. The topological polar surface area (TPSA) is 55.8 Å². The number of hydrogen-bond donors (Lipinski definition) is 0. The van der Waals surface area contributed by atoms with Crippen LogP contribution in [0.5, 0.6) is 0 Å². The molecule has 2 aromatic carbocycles. The largest absolute Gasteiger partial charge is 0.465 e. The highest BCUT2D eigenvalue weighted by atomic mass is 16.5. The number of benzene rings is 2. The fourth-order valence-corrected chi connectivity index (χ4v) is 2.28. The second-order valence-corrected chi connectivity index (χ2v) is 5.55. The van der Waals surface area contributed by atoms with Gasteiger partial charge in [0.05, 0.1) is 19.1 Å². The van der Waals surface area contributed by atoms with E-state index < -0.39 is 5.97 Å². The molecule has 0 saturated carbocycles. The highest BCUT2D eigenvalue weighted by Crippen LogP contribution is 2.15. The Balaban J connectivity index is 1.99. The molecule has 0 aliphatic heterocycles. The summed E-state index contributed by atoms with van der Waals surface area (Å²) in [5.41, 5.74) is 2.93. The van der Waals surface area contributed by atoms with Gasteiger partial charge in [0.15, 0.2) is 0 Å². The summed E-state index contributed by atoms with van der Waals surface area (Å²) in [5.74, 6) is -0.848. The molecular weight excluding hydrogens is 306 g/mol. The van der Waals surface area contributed by atoms with Crippen LogP contribution in [0.4, 0.5) is 5.69 Å². The summed E-state index contributed by atoms with van der Waals surface area (Å²) >= 11 is 0. The van der Waals surface area contributed by atoms with Crippen LogP contribution in [0.2, 0.25) is 0 Å². The summed E-state index contributed by atoms with van der Waals surface area (Å²) in [5, 5.41) is 0. The Morgan fingerprint density at radius 1 is 1.04 bits per heavy atom. The van der Waals surface area contributed by atoms with E-state index >= 15 is 0 Å². The van der Waals surface area contributed by atoms with Crippen molar-refractivity contribution in [2.24, 2.45) is 0 Å². The molecule has 0 radical (unpaired) electrons. The molecule has 5 heteroatoms. The first-order chi connectivity index (χ1) is 11.5. The Kier molecular flexibility index (Phi) is 5.95. The van der Waals surface area contributed by atoms with Gasteiger partial charge in [0.25, 0.3) is 0 Å². The van der Waals surface area contributed by atoms with E-state index in [-0.39, 0.29) is 19.0 Å². The van der Waals surface area contributed by atoms with Gasteiger partial charge in [-0.25, -0.2) is 4.79 Å². The highest BCUT2D eigenvalue weighted by Gasteiger charge is 2.14. The third kappa shape index (κ3) is 4.59. The quantitative estimate of drug-likeness (QED) is 0.764. The van der Waals surface area contributed by atoms with Gasteiger partial charge in [-0.1, -0.05) is 30.3 Å². The van der Waals surface area contributed by atoms with Crippen molar-refractivity contribution in [3.8, 4) is 0 Å². The smallest absolute Gasteiger partial charge is 0.338 e. The van der Waals surface area contributed by atoms with Crippen LogP contribution in [-0.2, 0) is 27.3 Å². The molecule has 5 nitrogen and oxygen atoms in total. The molecule has 0 spiro atoms. The van der Waals surface area contributed by atoms with Crippen LogP contribution in [-0.4, -0.2) is 33.1 Å². The second kappa shape index (κ2) is 8.15. The van der Waals surface area contributed by atoms with Crippen molar-refractivity contribution in [1.29, 1.82) is 0 Å². The monoisotopic (exact) mass is 327 g/mol. The van der Waals surface area contributed by atoms with E-state index in [2.05, 4.69) is 0 Å². The molecule has 0 aromatic heterocycles. The molecule has 0 unspecified atom stereocenters. The Morgan fingerprint density at radius 2 is 1.79 bits per heavy atom. The highest BCUT2D eigenvalue weighted by molar-refractivity contribution is 5.92. The summed E-state index contributed by atoms with van der Waals surface area (Å²) in [4.78, 5) is 25.8. The molecule has 2 aromatic rings. The van der Waals surface area contributed by atoms with Crippen LogP contribution < -0.4 is 4.90 Å². The van der Waals surface area contributed by atoms with E-state index in [0.717, 1.165) is 11.3 Å². The van der Waals surface area contributed by atoms with E-state index in [1.165, 1.54) is 7.11 Å². The van der Waals surface area contributed by atoms with Crippen molar-refractivity contribution in [3.63, 3.8) is 0 Å². The molecule has 0 saturated heterocycles. The fourth-order valence-electron chi connectivity index (χ4n) is 2.28. The maximum atomic E-state index is 12.1. The predicted molar refractivity (Wildman–Crippen MR) is 92.1 cm³/mol. The van der Waals surface area contributed by atoms with Crippen molar-refractivity contribution in [1.82, 2.24) is 0 Å². The lowest BCUT2D eigenvalue weighted by atomic mass is 10.0. The maximum Gasteiger partial charge on any atom is 0.338 e. The van der Waals surface area contributed by atoms with Gasteiger partial charge in [-0.15, -0.1) is 0 Å². The van der Waals surface area contributed by atoms with E-state index in [4.69, 9.17) is 9.47 Å². The normalized spacial score (nSPS) is 10.1. The van der Waals surface area contributed by atoms with Crippen LogP contribution in [0.1, 0.15) is 21.5 Å². The second-order valence-electron chi connectivity index (χ2n) is 5.55. The number of carbonyl (C=O) groups excluding carboxylic acids is 2. The molecule has 24 heavy (non-hydrogen) atoms. The Bertz CT molecular complexity index is 725. The summed E-state index contributed by atoms with van der Waals surface area (Å²) < 4.78 is 10.1. The van der Waals surface area contributed by atoms with E-state index in [0.29, 0.717) is 11.1 Å². The molecule has 0 amide bonds. The molecule has 0 aliphatic rings. The number of methoxy groups -OCH3 is 1. The molecule has 0 atom stereocenters. The van der Waals surface area contributed by atoms with Crippen LogP contribution in [0, 0.1) is 0 Å². The third-order valence-corrected chi connectivity index (χ3v) is 3.58. The van der Waals surface area contributed by atoms with Gasteiger partial charge in [0.1, 0.15) is 6.61 Å². The first-order valence-corrected chi connectivity index (χ1v) is 7.59. The lowest BCUT2D eigenvalue weighted by molar-refractivity contribution is -0.144. The summed E-state index contributed by atoms with van der Waals surface area (Å²) in [6, 6.07) is 14.6. The van der Waals surface area contributed by atoms with Crippen molar-refractivity contribution >= 4 is 17.6 Å². The fraction of sp³-hybridized carbons (Fsp3) is 0.263.